The molecule has 12 heavy (non-hydrogen) atoms. The van der Waals surface area contributed by atoms with E-state index in [0.29, 0.717) is 4.90 Å². The summed E-state index contributed by atoms with van der Waals surface area (Å²) in [6.45, 7) is 4.00. The fraction of sp³-hybridized carbons (Fsp3) is 0.250. The van der Waals surface area contributed by atoms with Crippen molar-refractivity contribution in [3.8, 4) is 0 Å². The van der Waals surface area contributed by atoms with Crippen molar-refractivity contribution in [1.29, 1.82) is 0 Å². The van der Waals surface area contributed by atoms with Crippen molar-refractivity contribution in [1.82, 2.24) is 0 Å². The van der Waals surface area contributed by atoms with E-state index < -0.39 is 11.1 Å². The SMILES string of the molecule is CC.O=S([O-])c1ccccc1.[Na+]. The molecule has 1 aromatic rings. The number of benzene rings is 1. The van der Waals surface area contributed by atoms with Crippen LogP contribution >= 0.6 is 0 Å². The van der Waals surface area contributed by atoms with Crippen molar-refractivity contribution < 1.29 is 38.3 Å². The van der Waals surface area contributed by atoms with E-state index in [9.17, 15) is 8.76 Å². The minimum Gasteiger partial charge on any atom is -0.768 e. The zero-order chi connectivity index (χ0) is 8.69. The van der Waals surface area contributed by atoms with Gasteiger partial charge in [0, 0.05) is 4.90 Å². The van der Waals surface area contributed by atoms with Gasteiger partial charge >= 0.3 is 29.6 Å². The summed E-state index contributed by atoms with van der Waals surface area (Å²) in [4.78, 5) is 0.331. The van der Waals surface area contributed by atoms with Crippen LogP contribution < -0.4 is 29.6 Å². The van der Waals surface area contributed by atoms with E-state index in [1.165, 1.54) is 0 Å². The van der Waals surface area contributed by atoms with E-state index >= 15 is 0 Å². The zero-order valence-corrected chi connectivity index (χ0v) is 10.4. The molecule has 62 valence electrons. The van der Waals surface area contributed by atoms with Crippen LogP contribution in [0.2, 0.25) is 0 Å². The Morgan fingerprint density at radius 3 is 1.83 bits per heavy atom. The van der Waals surface area contributed by atoms with Crippen molar-refractivity contribution >= 4 is 11.1 Å². The van der Waals surface area contributed by atoms with E-state index in [1.54, 1.807) is 30.3 Å². The van der Waals surface area contributed by atoms with E-state index in [1.807, 2.05) is 13.8 Å². The minimum absolute atomic E-state index is 0. The molecule has 1 rings (SSSR count). The standard InChI is InChI=1S/C6H6O2S.C2H6.Na/c7-9(8)6-4-2-1-3-5-6;1-2;/h1-5H,(H,7,8);1-2H3;/q;;+1/p-1. The molecular weight excluding hydrogens is 183 g/mol. The molecule has 1 atom stereocenters. The summed E-state index contributed by atoms with van der Waals surface area (Å²) in [6.07, 6.45) is 0. The third-order valence-corrected chi connectivity index (χ3v) is 1.59. The summed E-state index contributed by atoms with van der Waals surface area (Å²) < 4.78 is 20.4. The summed E-state index contributed by atoms with van der Waals surface area (Å²) in [7, 11) is 0. The smallest absolute Gasteiger partial charge is 0.768 e. The minimum atomic E-state index is -2.08. The second kappa shape index (κ2) is 9.42. The summed E-state index contributed by atoms with van der Waals surface area (Å²) in [6, 6.07) is 8.23. The molecule has 4 heteroatoms. The monoisotopic (exact) mass is 194 g/mol. The molecule has 0 saturated heterocycles. The zero-order valence-electron chi connectivity index (χ0n) is 7.61. The molecule has 0 N–H and O–H groups in total. The summed E-state index contributed by atoms with van der Waals surface area (Å²) in [5.74, 6) is 0. The average Bonchev–Trinajstić information content (AvgIpc) is 2.10. The molecule has 0 fully saturated rings. The first kappa shape index (κ1) is 14.8. The van der Waals surface area contributed by atoms with Gasteiger partial charge in [0.05, 0.1) is 0 Å². The van der Waals surface area contributed by atoms with Gasteiger partial charge in [0.1, 0.15) is 0 Å². The van der Waals surface area contributed by atoms with Gasteiger partial charge in [-0.1, -0.05) is 32.0 Å². The normalized spacial score (nSPS) is 10.2. The van der Waals surface area contributed by atoms with Crippen molar-refractivity contribution in [3.63, 3.8) is 0 Å². The first-order valence-corrected chi connectivity index (χ1v) is 4.52. The summed E-state index contributed by atoms with van der Waals surface area (Å²) in [5.41, 5.74) is 0. The Kier molecular flexibility index (Phi) is 11.6. The summed E-state index contributed by atoms with van der Waals surface area (Å²) in [5, 5.41) is 0. The van der Waals surface area contributed by atoms with Crippen LogP contribution in [0.25, 0.3) is 0 Å². The molecule has 0 amide bonds. The van der Waals surface area contributed by atoms with Gasteiger partial charge in [-0.2, -0.15) is 0 Å². The predicted octanol–water partition coefficient (Wildman–Crippen LogP) is -1.05. The fourth-order valence-electron chi connectivity index (χ4n) is 0.532. The Balaban J connectivity index is 0. The number of rotatable bonds is 1. The Bertz CT molecular complexity index is 214. The maximum Gasteiger partial charge on any atom is 1.00 e. The third-order valence-electron chi connectivity index (χ3n) is 0.936. The van der Waals surface area contributed by atoms with Crippen LogP contribution in [0, 0.1) is 0 Å². The van der Waals surface area contributed by atoms with E-state index in [0.717, 1.165) is 0 Å². The van der Waals surface area contributed by atoms with Crippen LogP contribution in [0.1, 0.15) is 13.8 Å². The van der Waals surface area contributed by atoms with E-state index in [2.05, 4.69) is 0 Å². The molecule has 0 radical (unpaired) electrons. The van der Waals surface area contributed by atoms with Gasteiger partial charge < -0.3 is 4.55 Å². The summed E-state index contributed by atoms with van der Waals surface area (Å²) >= 11 is -2.08. The molecule has 0 aliphatic rings. The number of hydrogen-bond donors (Lipinski definition) is 0. The molecule has 0 aromatic heterocycles. The van der Waals surface area contributed by atoms with Crippen LogP contribution in [0.5, 0.6) is 0 Å². The molecule has 0 heterocycles. The second-order valence-electron chi connectivity index (χ2n) is 1.55. The van der Waals surface area contributed by atoms with Gasteiger partial charge in [-0.3, -0.25) is 4.21 Å². The largest absolute Gasteiger partial charge is 1.00 e. The van der Waals surface area contributed by atoms with Crippen molar-refractivity contribution in [2.24, 2.45) is 0 Å². The Morgan fingerprint density at radius 2 is 1.58 bits per heavy atom. The molecule has 0 aliphatic heterocycles. The van der Waals surface area contributed by atoms with Crippen LogP contribution in [-0.4, -0.2) is 8.76 Å². The van der Waals surface area contributed by atoms with Gasteiger partial charge in [-0.15, -0.1) is 0 Å². The Hall–Kier alpha value is 0.330. The van der Waals surface area contributed by atoms with Gasteiger partial charge in [-0.05, 0) is 23.2 Å². The van der Waals surface area contributed by atoms with E-state index in [-0.39, 0.29) is 29.6 Å². The Labute approximate surface area is 98.0 Å². The van der Waals surface area contributed by atoms with Gasteiger partial charge in [0.2, 0.25) is 0 Å². The number of hydrogen-bond acceptors (Lipinski definition) is 2. The maximum absolute atomic E-state index is 10.2. The van der Waals surface area contributed by atoms with Crippen molar-refractivity contribution in [2.75, 3.05) is 0 Å². The van der Waals surface area contributed by atoms with Crippen LogP contribution in [0.15, 0.2) is 35.2 Å². The van der Waals surface area contributed by atoms with Crippen molar-refractivity contribution in [2.45, 2.75) is 18.7 Å². The molecular formula is C8H11NaO2S. The third kappa shape index (κ3) is 5.91. The molecule has 0 saturated carbocycles. The molecule has 1 unspecified atom stereocenters. The van der Waals surface area contributed by atoms with Gasteiger partial charge in [0.15, 0.2) is 0 Å². The quantitative estimate of drug-likeness (QED) is 0.423. The first-order valence-electron chi connectivity index (χ1n) is 3.45. The maximum atomic E-state index is 10.2. The van der Waals surface area contributed by atoms with E-state index in [4.69, 9.17) is 0 Å². The molecule has 2 nitrogen and oxygen atoms in total. The molecule has 1 aromatic carbocycles. The van der Waals surface area contributed by atoms with Crippen molar-refractivity contribution in [3.05, 3.63) is 30.3 Å². The topological polar surface area (TPSA) is 40.1 Å². The molecule has 0 bridgehead atoms. The predicted molar refractivity (Wildman–Crippen MR) is 45.0 cm³/mol. The average molecular weight is 194 g/mol. The van der Waals surface area contributed by atoms with Crippen LogP contribution in [-0.2, 0) is 11.1 Å². The van der Waals surface area contributed by atoms with Gasteiger partial charge in [0.25, 0.3) is 0 Å². The first-order chi connectivity index (χ1) is 5.30. The molecule has 0 aliphatic carbocycles. The Morgan fingerprint density at radius 1 is 1.17 bits per heavy atom. The van der Waals surface area contributed by atoms with Crippen LogP contribution in [0.3, 0.4) is 0 Å². The second-order valence-corrected chi connectivity index (χ2v) is 2.49. The fourth-order valence-corrected chi connectivity index (χ4v) is 0.911. The van der Waals surface area contributed by atoms with Gasteiger partial charge in [-0.25, -0.2) is 0 Å². The molecule has 0 spiro atoms. The van der Waals surface area contributed by atoms with Crippen LogP contribution in [0.4, 0.5) is 0 Å².